The zero-order valence-corrected chi connectivity index (χ0v) is 56.9. The minimum atomic E-state index is -0.469. The number of fused-ring (bicyclic) bond motifs is 26. The van der Waals surface area contributed by atoms with Gasteiger partial charge in [-0.05, 0) is 91.0 Å². The first-order valence-corrected chi connectivity index (χ1v) is 36.7. The van der Waals surface area contributed by atoms with E-state index in [4.69, 9.17) is 34.3 Å². The van der Waals surface area contributed by atoms with E-state index in [9.17, 15) is 0 Å². The molecule has 102 heavy (non-hydrogen) atoms. The Morgan fingerprint density at radius 1 is 0.245 bits per heavy atom. The molecule has 22 rings (SSSR count). The van der Waals surface area contributed by atoms with Gasteiger partial charge in [-0.15, -0.1) is 11.3 Å². The molecule has 0 fully saturated rings. The number of hydrogen-bond donors (Lipinski definition) is 0. The maximum Gasteiger partial charge on any atom is 0.164 e. The van der Waals surface area contributed by atoms with E-state index >= 15 is 0 Å². The van der Waals surface area contributed by atoms with Crippen molar-refractivity contribution in [1.82, 2.24) is 29.9 Å². The van der Waals surface area contributed by atoms with Crippen LogP contribution >= 0.6 is 34.9 Å². The van der Waals surface area contributed by atoms with Gasteiger partial charge < -0.3 is 4.42 Å². The summed E-state index contributed by atoms with van der Waals surface area (Å²) in [7, 11) is 0. The third kappa shape index (κ3) is 8.70. The predicted molar refractivity (Wildman–Crippen MR) is 415 cm³/mol. The second-order valence-corrected chi connectivity index (χ2v) is 29.3. The summed E-state index contributed by atoms with van der Waals surface area (Å²) in [6.45, 7) is 0. The molecule has 2 spiro atoms. The van der Waals surface area contributed by atoms with E-state index in [-0.39, 0.29) is 0 Å². The van der Waals surface area contributed by atoms with E-state index in [0.717, 1.165) is 60.2 Å². The van der Waals surface area contributed by atoms with Crippen LogP contribution in [0.2, 0.25) is 0 Å². The number of benzene rings is 14. The molecule has 0 saturated carbocycles. The van der Waals surface area contributed by atoms with Crippen molar-refractivity contribution in [3.63, 3.8) is 0 Å². The first-order chi connectivity index (χ1) is 50.6. The van der Waals surface area contributed by atoms with Crippen molar-refractivity contribution in [2.75, 3.05) is 0 Å². The van der Waals surface area contributed by atoms with Crippen LogP contribution in [-0.4, -0.2) is 29.9 Å². The maximum atomic E-state index is 6.94. The first-order valence-electron chi connectivity index (χ1n) is 34.2. The van der Waals surface area contributed by atoms with Gasteiger partial charge in [0.25, 0.3) is 0 Å². The summed E-state index contributed by atoms with van der Waals surface area (Å²) in [5.41, 5.74) is 22.3. The fourth-order valence-corrected chi connectivity index (χ4v) is 20.6. The fraction of sp³-hybridized carbons (Fsp3) is 0.0217. The van der Waals surface area contributed by atoms with Crippen molar-refractivity contribution in [1.29, 1.82) is 0 Å². The average Bonchev–Trinajstić information content (AvgIpc) is 1.49. The lowest BCUT2D eigenvalue weighted by atomic mass is 9.67. The summed E-state index contributed by atoms with van der Waals surface area (Å²) in [6.07, 6.45) is 0. The smallest absolute Gasteiger partial charge is 0.164 e. The molecule has 476 valence electrons. The molecule has 2 aliphatic heterocycles. The molecule has 10 heteroatoms. The van der Waals surface area contributed by atoms with Gasteiger partial charge in [0.1, 0.15) is 11.2 Å². The normalized spacial score (nSPS) is 13.6. The minimum absolute atomic E-state index is 0.402. The highest BCUT2D eigenvalue weighted by atomic mass is 32.2. The Balaban J connectivity index is 0.000000133. The van der Waals surface area contributed by atoms with Crippen LogP contribution in [0.5, 0.6) is 0 Å². The van der Waals surface area contributed by atoms with Gasteiger partial charge in [-0.2, -0.15) is 0 Å². The van der Waals surface area contributed by atoms with Gasteiger partial charge in [-0.1, -0.05) is 327 Å². The average molecular weight is 1360 g/mol. The minimum Gasteiger partial charge on any atom is -0.455 e. The topological polar surface area (TPSA) is 90.5 Å². The van der Waals surface area contributed by atoms with E-state index < -0.39 is 10.8 Å². The van der Waals surface area contributed by atoms with Crippen LogP contribution in [0.15, 0.2) is 352 Å². The summed E-state index contributed by atoms with van der Waals surface area (Å²) in [4.78, 5) is 35.4. The molecule has 0 radical (unpaired) electrons. The van der Waals surface area contributed by atoms with E-state index in [1.165, 1.54) is 102 Å². The number of hydrogen-bond acceptors (Lipinski definition) is 10. The molecule has 4 aliphatic rings. The van der Waals surface area contributed by atoms with E-state index in [0.29, 0.717) is 34.9 Å². The molecule has 0 amide bonds. The largest absolute Gasteiger partial charge is 0.455 e. The molecule has 18 aromatic rings. The molecule has 0 saturated heterocycles. The molecule has 0 N–H and O–H groups in total. The van der Waals surface area contributed by atoms with Crippen molar-refractivity contribution < 1.29 is 4.42 Å². The highest BCUT2D eigenvalue weighted by molar-refractivity contribution is 8.00. The highest BCUT2D eigenvalue weighted by Crippen LogP contribution is 2.66. The third-order valence-electron chi connectivity index (χ3n) is 20.8. The fourth-order valence-electron chi connectivity index (χ4n) is 16.6. The summed E-state index contributed by atoms with van der Waals surface area (Å²) in [5.74, 6) is 3.89. The Labute approximate surface area is 600 Å². The Morgan fingerprint density at radius 3 is 1.04 bits per heavy atom. The number of aromatic nitrogens is 6. The van der Waals surface area contributed by atoms with Crippen LogP contribution in [-0.2, 0) is 10.8 Å². The van der Waals surface area contributed by atoms with Gasteiger partial charge in [0.05, 0.1) is 15.7 Å². The molecule has 0 unspecified atom stereocenters. The molecule has 7 nitrogen and oxygen atoms in total. The maximum absolute atomic E-state index is 6.94. The molecule has 6 heterocycles. The van der Waals surface area contributed by atoms with Gasteiger partial charge in [-0.3, -0.25) is 0 Å². The number of nitrogens with zero attached hydrogens (tertiary/aromatic N) is 6. The van der Waals surface area contributed by atoms with E-state index in [1.807, 2.05) is 126 Å². The Morgan fingerprint density at radius 2 is 0.588 bits per heavy atom. The summed E-state index contributed by atoms with van der Waals surface area (Å²) >= 11 is 5.58. The zero-order valence-electron chi connectivity index (χ0n) is 54.5. The van der Waals surface area contributed by atoms with Crippen molar-refractivity contribution in [3.8, 4) is 90.6 Å². The summed E-state index contributed by atoms with van der Waals surface area (Å²) in [5, 5.41) is 4.46. The molecule has 2 aliphatic carbocycles. The van der Waals surface area contributed by atoms with Crippen molar-refractivity contribution in [3.05, 3.63) is 372 Å². The van der Waals surface area contributed by atoms with E-state index in [2.05, 4.69) is 224 Å². The van der Waals surface area contributed by atoms with E-state index in [1.54, 1.807) is 11.8 Å². The number of thiophene rings is 1. The van der Waals surface area contributed by atoms with Crippen molar-refractivity contribution in [2.24, 2.45) is 0 Å². The molecular formula is C92H54N6OS3. The quantitative estimate of drug-likeness (QED) is 0.161. The molecular weight excluding hydrogens is 1300 g/mol. The number of furan rings is 1. The van der Waals surface area contributed by atoms with Crippen LogP contribution in [0.1, 0.15) is 44.5 Å². The second kappa shape index (κ2) is 23.2. The lowest BCUT2D eigenvalue weighted by Crippen LogP contribution is -2.31. The Kier molecular flexibility index (Phi) is 13.4. The summed E-state index contributed by atoms with van der Waals surface area (Å²) in [6, 6.07) is 116. The molecule has 0 atom stereocenters. The van der Waals surface area contributed by atoms with Gasteiger partial charge in [0.15, 0.2) is 34.9 Å². The second-order valence-electron chi connectivity index (χ2n) is 26.2. The Hall–Kier alpha value is -12.2. The van der Waals surface area contributed by atoms with Gasteiger partial charge >= 0.3 is 0 Å². The van der Waals surface area contributed by atoms with Crippen molar-refractivity contribution in [2.45, 2.75) is 30.4 Å². The van der Waals surface area contributed by atoms with Crippen molar-refractivity contribution >= 4 is 77.0 Å². The van der Waals surface area contributed by atoms with Crippen LogP contribution in [0, 0.1) is 0 Å². The highest BCUT2D eigenvalue weighted by Gasteiger charge is 2.52. The monoisotopic (exact) mass is 1350 g/mol. The zero-order chi connectivity index (χ0) is 67.0. The Bertz CT molecular complexity index is 5870. The molecule has 0 bridgehead atoms. The van der Waals surface area contributed by atoms with Crippen LogP contribution < -0.4 is 0 Å². The first kappa shape index (κ1) is 58.8. The lowest BCUT2D eigenvalue weighted by Gasteiger charge is -2.39. The number of rotatable bonds is 6. The molecule has 4 aromatic heterocycles. The van der Waals surface area contributed by atoms with Gasteiger partial charge in [0, 0.05) is 79.0 Å². The van der Waals surface area contributed by atoms with Gasteiger partial charge in [-0.25, -0.2) is 29.9 Å². The standard InChI is InChI=1S/C46H27N3OS.C46H27N3S2/c1-3-14-28(15-4-1)43-47-44(29-16-5-2-6-17-29)49-45(48-43)33-20-13-24-38-40(33)32-26-27-37-42(41(32)50-38)51-39-25-12-11-23-36(39)46(37)34-21-9-7-18-30(34)31-19-8-10-22-35(31)46;1-3-14-28(15-4-1)43-47-44(29-16-5-2-6-17-29)49-45(48-43)33-20-13-25-39-40(33)32-26-27-37-42(41(32)51-39)50-38-24-12-11-23-36(38)46(37)34-21-9-7-18-30(34)31-19-8-10-22-35(31)46/h2*1-27H. The van der Waals surface area contributed by atoms with Crippen LogP contribution in [0.3, 0.4) is 0 Å². The lowest BCUT2D eigenvalue weighted by molar-refractivity contribution is 0.649. The predicted octanol–water partition coefficient (Wildman–Crippen LogP) is 23.7. The molecule has 14 aromatic carbocycles. The summed E-state index contributed by atoms with van der Waals surface area (Å²) < 4.78 is 9.47. The SMILES string of the molecule is c1ccc(-c2nc(-c3ccccc3)nc(-c3cccc4oc5c6c(ccc5c34)C3(c4ccccc4S6)c4ccccc4-c4ccccc43)n2)cc1.c1ccc(-c2nc(-c3ccccc3)nc(-c3cccc4sc5c6c(ccc5c34)C3(c4ccccc4S6)c4ccccc4-c4ccccc43)n2)cc1. The van der Waals surface area contributed by atoms with Gasteiger partial charge in [0.2, 0.25) is 0 Å². The van der Waals surface area contributed by atoms with Crippen LogP contribution in [0.4, 0.5) is 0 Å². The van der Waals surface area contributed by atoms with Crippen LogP contribution in [0.25, 0.3) is 133 Å². The third-order valence-corrected chi connectivity index (χ3v) is 24.5.